The van der Waals surface area contributed by atoms with Crippen molar-refractivity contribution in [1.82, 2.24) is 10.2 Å². The molecule has 17 heavy (non-hydrogen) atoms. The lowest BCUT2D eigenvalue weighted by Crippen LogP contribution is -2.56. The Bertz CT molecular complexity index is 223. The lowest BCUT2D eigenvalue weighted by Gasteiger charge is -2.40. The minimum atomic E-state index is 0.698. The lowest BCUT2D eigenvalue weighted by molar-refractivity contribution is 0.121. The van der Waals surface area contributed by atoms with Crippen LogP contribution in [-0.2, 0) is 0 Å². The van der Waals surface area contributed by atoms with Gasteiger partial charge in [-0.3, -0.25) is 4.90 Å². The molecule has 1 aliphatic heterocycles. The van der Waals surface area contributed by atoms with Crippen LogP contribution < -0.4 is 5.32 Å². The van der Waals surface area contributed by atoms with Gasteiger partial charge in [-0.05, 0) is 32.1 Å². The fourth-order valence-electron chi connectivity index (χ4n) is 2.74. The quantitative estimate of drug-likeness (QED) is 0.716. The molecule has 1 saturated heterocycles. The van der Waals surface area contributed by atoms with Gasteiger partial charge in [0.05, 0.1) is 0 Å². The van der Waals surface area contributed by atoms with Crippen LogP contribution >= 0.6 is 0 Å². The molecule has 1 fully saturated rings. The third-order valence-corrected chi connectivity index (χ3v) is 3.66. The fourth-order valence-corrected chi connectivity index (χ4v) is 2.74. The van der Waals surface area contributed by atoms with Gasteiger partial charge in [-0.15, -0.1) is 0 Å². The Balaban J connectivity index is 2.43. The van der Waals surface area contributed by atoms with Gasteiger partial charge >= 0.3 is 0 Å². The van der Waals surface area contributed by atoms with E-state index in [9.17, 15) is 0 Å². The van der Waals surface area contributed by atoms with Crippen molar-refractivity contribution in [2.24, 2.45) is 5.92 Å². The second-order valence-corrected chi connectivity index (χ2v) is 5.65. The Kier molecular flexibility index (Phi) is 6.83. The number of allylic oxidation sites excluding steroid dienone is 1. The number of piperazine rings is 1. The maximum atomic E-state index is 3.71. The summed E-state index contributed by atoms with van der Waals surface area (Å²) < 4.78 is 0. The first-order valence-electron chi connectivity index (χ1n) is 7.25. The summed E-state index contributed by atoms with van der Waals surface area (Å²) in [6.45, 7) is 12.7. The van der Waals surface area contributed by atoms with Crippen LogP contribution in [0, 0.1) is 5.92 Å². The smallest absolute Gasteiger partial charge is 0.0218 e. The highest BCUT2D eigenvalue weighted by Gasteiger charge is 2.26. The number of rotatable bonds is 6. The summed E-state index contributed by atoms with van der Waals surface area (Å²) in [6.07, 6.45) is 8.20. The van der Waals surface area contributed by atoms with Crippen LogP contribution in [0.15, 0.2) is 12.2 Å². The topological polar surface area (TPSA) is 15.3 Å². The van der Waals surface area contributed by atoms with E-state index >= 15 is 0 Å². The van der Waals surface area contributed by atoms with E-state index in [-0.39, 0.29) is 0 Å². The van der Waals surface area contributed by atoms with E-state index in [0.717, 1.165) is 12.0 Å². The molecule has 1 heterocycles. The maximum Gasteiger partial charge on any atom is 0.0218 e. The fraction of sp³-hybridized carbons (Fsp3) is 0.867. The molecule has 0 saturated carbocycles. The molecule has 0 spiro atoms. The van der Waals surface area contributed by atoms with Crippen LogP contribution in [0.4, 0.5) is 0 Å². The van der Waals surface area contributed by atoms with Gasteiger partial charge in [0.15, 0.2) is 0 Å². The third kappa shape index (κ3) is 5.22. The van der Waals surface area contributed by atoms with Gasteiger partial charge in [0.25, 0.3) is 0 Å². The molecule has 0 bridgehead atoms. The van der Waals surface area contributed by atoms with Crippen LogP contribution in [0.25, 0.3) is 0 Å². The average Bonchev–Trinajstić information content (AvgIpc) is 2.29. The van der Waals surface area contributed by atoms with Gasteiger partial charge in [0, 0.05) is 31.7 Å². The van der Waals surface area contributed by atoms with Crippen LogP contribution in [-0.4, -0.2) is 36.6 Å². The van der Waals surface area contributed by atoms with E-state index in [1.165, 1.54) is 38.9 Å². The minimum absolute atomic E-state index is 0.698. The average molecular weight is 238 g/mol. The zero-order valence-corrected chi connectivity index (χ0v) is 12.1. The maximum absolute atomic E-state index is 3.71. The van der Waals surface area contributed by atoms with Gasteiger partial charge < -0.3 is 5.32 Å². The molecule has 1 aliphatic rings. The molecule has 0 amide bonds. The first-order chi connectivity index (χ1) is 8.17. The summed E-state index contributed by atoms with van der Waals surface area (Å²) in [7, 11) is 0. The summed E-state index contributed by atoms with van der Waals surface area (Å²) in [5, 5.41) is 3.71. The van der Waals surface area contributed by atoms with Crippen molar-refractivity contribution in [2.75, 3.05) is 19.6 Å². The normalized spacial score (nSPS) is 27.1. The Morgan fingerprint density at radius 1 is 1.41 bits per heavy atom. The van der Waals surface area contributed by atoms with Crippen LogP contribution in [0.5, 0.6) is 0 Å². The van der Waals surface area contributed by atoms with Crippen molar-refractivity contribution in [2.45, 2.75) is 59.0 Å². The van der Waals surface area contributed by atoms with E-state index in [4.69, 9.17) is 0 Å². The molecule has 0 aromatic heterocycles. The van der Waals surface area contributed by atoms with Gasteiger partial charge in [-0.2, -0.15) is 0 Å². The molecule has 0 aromatic carbocycles. The van der Waals surface area contributed by atoms with Crippen molar-refractivity contribution in [1.29, 1.82) is 0 Å². The van der Waals surface area contributed by atoms with Crippen molar-refractivity contribution in [3.05, 3.63) is 12.2 Å². The van der Waals surface area contributed by atoms with Crippen molar-refractivity contribution in [3.8, 4) is 0 Å². The van der Waals surface area contributed by atoms with E-state index in [1.54, 1.807) is 0 Å². The molecule has 1 rings (SSSR count). The summed E-state index contributed by atoms with van der Waals surface area (Å²) in [5.41, 5.74) is 0. The number of nitrogens with one attached hydrogen (secondary N) is 1. The first kappa shape index (κ1) is 14.7. The van der Waals surface area contributed by atoms with E-state index in [0.29, 0.717) is 6.04 Å². The predicted molar refractivity (Wildman–Crippen MR) is 76.3 cm³/mol. The van der Waals surface area contributed by atoms with E-state index in [1.807, 2.05) is 0 Å². The number of hydrogen-bond donors (Lipinski definition) is 1. The minimum Gasteiger partial charge on any atom is -0.311 e. The highest BCUT2D eigenvalue weighted by molar-refractivity contribution is 4.88. The first-order valence-corrected chi connectivity index (χ1v) is 7.25. The van der Waals surface area contributed by atoms with Crippen molar-refractivity contribution in [3.63, 3.8) is 0 Å². The molecule has 0 radical (unpaired) electrons. The molecule has 100 valence electrons. The second-order valence-electron chi connectivity index (χ2n) is 5.65. The molecule has 2 atom stereocenters. The summed E-state index contributed by atoms with van der Waals surface area (Å²) in [4.78, 5) is 2.68. The monoisotopic (exact) mass is 238 g/mol. The Labute approximate surface area is 107 Å². The highest BCUT2D eigenvalue weighted by atomic mass is 15.2. The molecule has 2 nitrogen and oxygen atoms in total. The van der Waals surface area contributed by atoms with Gasteiger partial charge in [0.2, 0.25) is 0 Å². The Hall–Kier alpha value is -0.340. The molecule has 0 aliphatic carbocycles. The standard InChI is InChI=1S/C15H30N2/c1-5-7-8-9-17-12-14(10-13(3)4)16-11-15(17)6-2/h5,7,13-16H,6,8-12H2,1-4H3/b7-5+. The zero-order valence-electron chi connectivity index (χ0n) is 12.1. The predicted octanol–water partition coefficient (Wildman–Crippen LogP) is 3.05. The number of nitrogens with zero attached hydrogens (tertiary/aromatic N) is 1. The summed E-state index contributed by atoms with van der Waals surface area (Å²) in [5.74, 6) is 0.795. The SMILES string of the molecule is C/C=C/CCN1CC(CC(C)C)NCC1CC. The largest absolute Gasteiger partial charge is 0.311 e. The molecule has 2 unspecified atom stereocenters. The Morgan fingerprint density at radius 3 is 2.76 bits per heavy atom. The highest BCUT2D eigenvalue weighted by Crippen LogP contribution is 2.15. The molecule has 0 aromatic rings. The van der Waals surface area contributed by atoms with Crippen molar-refractivity contribution >= 4 is 0 Å². The third-order valence-electron chi connectivity index (χ3n) is 3.66. The summed E-state index contributed by atoms with van der Waals surface area (Å²) >= 11 is 0. The van der Waals surface area contributed by atoms with Crippen molar-refractivity contribution < 1.29 is 0 Å². The van der Waals surface area contributed by atoms with Crippen LogP contribution in [0.3, 0.4) is 0 Å². The van der Waals surface area contributed by atoms with Gasteiger partial charge in [-0.25, -0.2) is 0 Å². The van der Waals surface area contributed by atoms with Crippen LogP contribution in [0.2, 0.25) is 0 Å². The van der Waals surface area contributed by atoms with Crippen LogP contribution in [0.1, 0.15) is 47.0 Å². The lowest BCUT2D eigenvalue weighted by atomic mass is 9.99. The molecular formula is C15H30N2. The second kappa shape index (κ2) is 7.88. The molecular weight excluding hydrogens is 208 g/mol. The Morgan fingerprint density at radius 2 is 2.18 bits per heavy atom. The summed E-state index contributed by atoms with van der Waals surface area (Å²) in [6, 6.07) is 1.44. The van der Waals surface area contributed by atoms with Gasteiger partial charge in [-0.1, -0.05) is 32.9 Å². The van der Waals surface area contributed by atoms with E-state index in [2.05, 4.69) is 50.1 Å². The zero-order chi connectivity index (χ0) is 12.7. The van der Waals surface area contributed by atoms with E-state index < -0.39 is 0 Å². The van der Waals surface area contributed by atoms with Gasteiger partial charge in [0.1, 0.15) is 0 Å². The number of hydrogen-bond acceptors (Lipinski definition) is 2. The molecule has 2 heteroatoms. The molecule has 1 N–H and O–H groups in total.